The molecule has 0 aliphatic carbocycles. The summed E-state index contributed by atoms with van der Waals surface area (Å²) in [5.41, 5.74) is 3.00. The number of unbranched alkanes of at least 4 members (excludes halogenated alkanes) is 2. The highest BCUT2D eigenvalue weighted by Crippen LogP contribution is 2.24. The number of hydrogen-bond donors (Lipinski definition) is 1. The number of amides is 1. The van der Waals surface area contributed by atoms with Crippen molar-refractivity contribution in [1.82, 2.24) is 14.5 Å². The minimum absolute atomic E-state index is 0.0888. The lowest BCUT2D eigenvalue weighted by Crippen LogP contribution is -2.34. The number of nitrogens with zero attached hydrogens (tertiary/aromatic N) is 3. The van der Waals surface area contributed by atoms with Crippen molar-refractivity contribution in [2.24, 2.45) is 0 Å². The molecule has 24 heavy (non-hydrogen) atoms. The second kappa shape index (κ2) is 7.79. The van der Waals surface area contributed by atoms with Crippen LogP contribution in [0.3, 0.4) is 0 Å². The molecule has 1 amide bonds. The quantitative estimate of drug-likeness (QED) is 0.841. The monoisotopic (exact) mass is 328 g/mol. The van der Waals surface area contributed by atoms with Gasteiger partial charge in [-0.3, -0.25) is 9.69 Å². The topological polar surface area (TPSA) is 50.2 Å². The van der Waals surface area contributed by atoms with Crippen LogP contribution in [0.5, 0.6) is 0 Å². The van der Waals surface area contributed by atoms with E-state index in [4.69, 9.17) is 4.98 Å². The van der Waals surface area contributed by atoms with Crippen LogP contribution >= 0.6 is 0 Å². The molecule has 3 rings (SSSR count). The van der Waals surface area contributed by atoms with Gasteiger partial charge in [0, 0.05) is 25.2 Å². The predicted molar refractivity (Wildman–Crippen MR) is 98.1 cm³/mol. The van der Waals surface area contributed by atoms with Crippen LogP contribution in [0.15, 0.2) is 18.2 Å². The first-order valence-electron chi connectivity index (χ1n) is 9.22. The molecule has 5 nitrogen and oxygen atoms in total. The van der Waals surface area contributed by atoms with Crippen LogP contribution in [0.2, 0.25) is 0 Å². The van der Waals surface area contributed by atoms with Crippen LogP contribution in [-0.2, 0) is 17.9 Å². The smallest absolute Gasteiger partial charge is 0.224 e. The van der Waals surface area contributed by atoms with Crippen LogP contribution in [0, 0.1) is 0 Å². The zero-order chi connectivity index (χ0) is 16.9. The zero-order valence-electron chi connectivity index (χ0n) is 14.8. The van der Waals surface area contributed by atoms with Crippen LogP contribution in [0.1, 0.15) is 51.8 Å². The molecular formula is C19H28N4O. The third-order valence-electron chi connectivity index (χ3n) is 4.70. The Morgan fingerprint density at radius 2 is 2.04 bits per heavy atom. The number of anilines is 1. The number of fused-ring (bicyclic) bond motifs is 3. The van der Waals surface area contributed by atoms with Crippen molar-refractivity contribution in [3.63, 3.8) is 0 Å². The molecule has 0 saturated carbocycles. The first kappa shape index (κ1) is 17.0. The van der Waals surface area contributed by atoms with Gasteiger partial charge in [0.15, 0.2) is 0 Å². The van der Waals surface area contributed by atoms with Gasteiger partial charge in [-0.05, 0) is 37.6 Å². The molecule has 0 unspecified atom stereocenters. The maximum absolute atomic E-state index is 11.9. The molecule has 0 atom stereocenters. The van der Waals surface area contributed by atoms with Gasteiger partial charge in [-0.25, -0.2) is 4.98 Å². The summed E-state index contributed by atoms with van der Waals surface area (Å²) in [5.74, 6) is 1.23. The number of nitrogens with one attached hydrogen (secondary N) is 1. The summed E-state index contributed by atoms with van der Waals surface area (Å²) in [6, 6.07) is 6.08. The van der Waals surface area contributed by atoms with Crippen LogP contribution in [0.4, 0.5) is 5.69 Å². The molecule has 1 aromatic heterocycles. The summed E-state index contributed by atoms with van der Waals surface area (Å²) in [7, 11) is 0. The lowest BCUT2D eigenvalue weighted by molar-refractivity contribution is -0.116. The average molecular weight is 328 g/mol. The third-order valence-corrected chi connectivity index (χ3v) is 4.70. The summed E-state index contributed by atoms with van der Waals surface area (Å²) >= 11 is 0. The van der Waals surface area contributed by atoms with E-state index in [0.717, 1.165) is 56.0 Å². The van der Waals surface area contributed by atoms with E-state index < -0.39 is 0 Å². The molecule has 1 aliphatic rings. The zero-order valence-corrected chi connectivity index (χ0v) is 14.8. The first-order chi connectivity index (χ1) is 11.7. The summed E-state index contributed by atoms with van der Waals surface area (Å²) in [5, 5.41) is 2.99. The van der Waals surface area contributed by atoms with Gasteiger partial charge >= 0.3 is 0 Å². The molecule has 0 fully saturated rings. The standard InChI is InChI=1S/C19H28N4O/c1-3-5-7-19(24)20-15-8-9-17-16(13-15)21-18-14-22(10-6-4-2)11-12-23(17)18/h8-9,13H,3-7,10-12,14H2,1-2H3,(H,20,24). The summed E-state index contributed by atoms with van der Waals surface area (Å²) in [6.45, 7) is 8.49. The molecule has 130 valence electrons. The van der Waals surface area contributed by atoms with Crippen molar-refractivity contribution in [3.05, 3.63) is 24.0 Å². The molecule has 1 aromatic carbocycles. The lowest BCUT2D eigenvalue weighted by atomic mass is 10.2. The summed E-state index contributed by atoms with van der Waals surface area (Å²) in [6.07, 6.45) is 5.03. The number of hydrogen-bond acceptors (Lipinski definition) is 3. The van der Waals surface area contributed by atoms with Gasteiger partial charge in [0.25, 0.3) is 0 Å². The minimum Gasteiger partial charge on any atom is -0.326 e. The molecular weight excluding hydrogens is 300 g/mol. The Morgan fingerprint density at radius 3 is 2.83 bits per heavy atom. The maximum Gasteiger partial charge on any atom is 0.224 e. The predicted octanol–water partition coefficient (Wildman–Crippen LogP) is 3.78. The van der Waals surface area contributed by atoms with Gasteiger partial charge in [0.2, 0.25) is 5.91 Å². The lowest BCUT2D eigenvalue weighted by Gasteiger charge is -2.27. The van der Waals surface area contributed by atoms with Gasteiger partial charge in [-0.2, -0.15) is 0 Å². The van der Waals surface area contributed by atoms with Gasteiger partial charge in [0.05, 0.1) is 17.6 Å². The molecule has 0 radical (unpaired) electrons. The average Bonchev–Trinajstić information content (AvgIpc) is 2.94. The molecule has 1 N–H and O–H groups in total. The molecule has 2 heterocycles. The van der Waals surface area contributed by atoms with Crippen molar-refractivity contribution in [2.75, 3.05) is 18.4 Å². The van der Waals surface area contributed by atoms with E-state index in [1.54, 1.807) is 0 Å². The Labute approximate surface area is 144 Å². The maximum atomic E-state index is 11.9. The van der Waals surface area contributed by atoms with E-state index in [1.165, 1.54) is 18.4 Å². The van der Waals surface area contributed by atoms with E-state index in [9.17, 15) is 4.79 Å². The largest absolute Gasteiger partial charge is 0.326 e. The number of rotatable bonds is 7. The fraction of sp³-hybridized carbons (Fsp3) is 0.579. The highest BCUT2D eigenvalue weighted by Gasteiger charge is 2.19. The highest BCUT2D eigenvalue weighted by molar-refractivity contribution is 5.93. The molecule has 2 aromatic rings. The molecule has 1 aliphatic heterocycles. The van der Waals surface area contributed by atoms with Crippen LogP contribution < -0.4 is 5.32 Å². The first-order valence-corrected chi connectivity index (χ1v) is 9.22. The number of imidazole rings is 1. The fourth-order valence-electron chi connectivity index (χ4n) is 3.28. The highest BCUT2D eigenvalue weighted by atomic mass is 16.1. The SMILES string of the molecule is CCCCC(=O)Nc1ccc2c(c1)nc1n2CCN(CCCC)C1. The summed E-state index contributed by atoms with van der Waals surface area (Å²) in [4.78, 5) is 19.2. The Morgan fingerprint density at radius 1 is 1.21 bits per heavy atom. The van der Waals surface area contributed by atoms with Gasteiger partial charge in [-0.15, -0.1) is 0 Å². The van der Waals surface area contributed by atoms with Gasteiger partial charge < -0.3 is 9.88 Å². The number of benzene rings is 1. The molecule has 0 saturated heterocycles. The number of aromatic nitrogens is 2. The Kier molecular flexibility index (Phi) is 5.51. The normalized spacial score (nSPS) is 14.8. The van der Waals surface area contributed by atoms with E-state index in [-0.39, 0.29) is 5.91 Å². The Bertz CT molecular complexity index is 707. The van der Waals surface area contributed by atoms with E-state index in [2.05, 4.69) is 34.7 Å². The number of carbonyl (C=O) groups is 1. The minimum atomic E-state index is 0.0888. The van der Waals surface area contributed by atoms with E-state index >= 15 is 0 Å². The molecule has 5 heteroatoms. The van der Waals surface area contributed by atoms with Gasteiger partial charge in [0.1, 0.15) is 5.82 Å². The van der Waals surface area contributed by atoms with Crippen molar-refractivity contribution < 1.29 is 4.79 Å². The Hall–Kier alpha value is -1.88. The van der Waals surface area contributed by atoms with Gasteiger partial charge in [-0.1, -0.05) is 26.7 Å². The Balaban J connectivity index is 1.74. The van der Waals surface area contributed by atoms with Crippen molar-refractivity contribution in [1.29, 1.82) is 0 Å². The van der Waals surface area contributed by atoms with E-state index in [1.807, 2.05) is 12.1 Å². The van der Waals surface area contributed by atoms with Crippen LogP contribution in [0.25, 0.3) is 11.0 Å². The third kappa shape index (κ3) is 3.78. The van der Waals surface area contributed by atoms with E-state index in [0.29, 0.717) is 6.42 Å². The van der Waals surface area contributed by atoms with Crippen LogP contribution in [-0.4, -0.2) is 33.4 Å². The number of carbonyl (C=O) groups excluding carboxylic acids is 1. The second-order valence-electron chi connectivity index (χ2n) is 6.66. The van der Waals surface area contributed by atoms with Crippen molar-refractivity contribution in [3.8, 4) is 0 Å². The van der Waals surface area contributed by atoms with Crippen molar-refractivity contribution in [2.45, 2.75) is 59.0 Å². The van der Waals surface area contributed by atoms with Crippen molar-refractivity contribution >= 4 is 22.6 Å². The second-order valence-corrected chi connectivity index (χ2v) is 6.66. The molecule has 0 bridgehead atoms. The summed E-state index contributed by atoms with van der Waals surface area (Å²) < 4.78 is 2.32. The fourth-order valence-corrected chi connectivity index (χ4v) is 3.28. The molecule has 0 spiro atoms.